The number of nitrogens with two attached hydrogens (primary N) is 1. The van der Waals surface area contributed by atoms with Crippen LogP contribution < -0.4 is 5.73 Å². The van der Waals surface area contributed by atoms with Crippen LogP contribution in [-0.4, -0.2) is 22.3 Å². The predicted octanol–water partition coefficient (Wildman–Crippen LogP) is 1.78. The molecule has 0 heterocycles. The van der Waals surface area contributed by atoms with Crippen molar-refractivity contribution in [2.45, 2.75) is 19.4 Å². The SMILES string of the molecule is CC(C1=Cc2ccccc2C1)N(O)C(N)=O. The van der Waals surface area contributed by atoms with Crippen molar-refractivity contribution in [3.05, 3.63) is 41.0 Å². The summed E-state index contributed by atoms with van der Waals surface area (Å²) in [4.78, 5) is 10.8. The molecule has 0 bridgehead atoms. The van der Waals surface area contributed by atoms with Crippen molar-refractivity contribution >= 4 is 12.1 Å². The fourth-order valence-electron chi connectivity index (χ4n) is 1.92. The van der Waals surface area contributed by atoms with Crippen LogP contribution in [0.5, 0.6) is 0 Å². The Bertz CT molecular complexity index is 454. The lowest BCUT2D eigenvalue weighted by Crippen LogP contribution is -2.40. The van der Waals surface area contributed by atoms with Gasteiger partial charge in [0.15, 0.2) is 0 Å². The molecule has 1 aliphatic carbocycles. The smallest absolute Gasteiger partial charge is 0.339 e. The number of fused-ring (bicyclic) bond motifs is 1. The van der Waals surface area contributed by atoms with Gasteiger partial charge in [0, 0.05) is 0 Å². The van der Waals surface area contributed by atoms with Gasteiger partial charge in [-0.2, -0.15) is 5.06 Å². The second-order valence-corrected chi connectivity index (χ2v) is 3.95. The average Bonchev–Trinajstić information content (AvgIpc) is 2.70. The molecule has 1 aliphatic rings. The number of urea groups is 1. The molecule has 0 saturated carbocycles. The van der Waals surface area contributed by atoms with Gasteiger partial charge in [0.1, 0.15) is 0 Å². The molecular formula is C12H14N2O2. The quantitative estimate of drug-likeness (QED) is 0.587. The van der Waals surface area contributed by atoms with Crippen molar-refractivity contribution in [2.24, 2.45) is 5.73 Å². The average molecular weight is 218 g/mol. The van der Waals surface area contributed by atoms with Crippen LogP contribution in [-0.2, 0) is 6.42 Å². The third kappa shape index (κ3) is 1.79. The van der Waals surface area contributed by atoms with Gasteiger partial charge in [0.2, 0.25) is 0 Å². The van der Waals surface area contributed by atoms with Crippen molar-refractivity contribution in [3.8, 4) is 0 Å². The van der Waals surface area contributed by atoms with Crippen molar-refractivity contribution in [1.82, 2.24) is 5.06 Å². The Morgan fingerprint density at radius 2 is 2.19 bits per heavy atom. The molecule has 3 N–H and O–H groups in total. The zero-order chi connectivity index (χ0) is 11.7. The van der Waals surface area contributed by atoms with Crippen LogP contribution in [0.3, 0.4) is 0 Å². The molecule has 1 aromatic rings. The molecule has 0 spiro atoms. The highest BCUT2D eigenvalue weighted by atomic mass is 16.5. The minimum absolute atomic E-state index is 0.384. The van der Waals surface area contributed by atoms with Gasteiger partial charge in [0.05, 0.1) is 6.04 Å². The number of primary amides is 1. The Hall–Kier alpha value is -1.81. The Morgan fingerprint density at radius 3 is 2.81 bits per heavy atom. The first-order valence-electron chi connectivity index (χ1n) is 5.15. The molecule has 84 valence electrons. The van der Waals surface area contributed by atoms with Crippen LogP contribution >= 0.6 is 0 Å². The second-order valence-electron chi connectivity index (χ2n) is 3.95. The Kier molecular flexibility index (Phi) is 2.66. The van der Waals surface area contributed by atoms with E-state index in [1.54, 1.807) is 6.92 Å². The fourth-order valence-corrected chi connectivity index (χ4v) is 1.92. The number of hydrogen-bond acceptors (Lipinski definition) is 2. The van der Waals surface area contributed by atoms with Crippen molar-refractivity contribution in [1.29, 1.82) is 0 Å². The number of carbonyl (C=O) groups is 1. The molecule has 1 atom stereocenters. The lowest BCUT2D eigenvalue weighted by molar-refractivity contribution is -0.0593. The van der Waals surface area contributed by atoms with E-state index in [2.05, 4.69) is 0 Å². The summed E-state index contributed by atoms with van der Waals surface area (Å²) in [5, 5.41) is 10.0. The summed E-state index contributed by atoms with van der Waals surface area (Å²) >= 11 is 0. The molecule has 0 saturated heterocycles. The molecule has 0 aliphatic heterocycles. The number of rotatable bonds is 2. The molecule has 4 nitrogen and oxygen atoms in total. The highest BCUT2D eigenvalue weighted by Crippen LogP contribution is 2.27. The maximum atomic E-state index is 10.8. The topological polar surface area (TPSA) is 66.6 Å². The maximum absolute atomic E-state index is 10.8. The van der Waals surface area contributed by atoms with E-state index in [-0.39, 0.29) is 6.04 Å². The molecular weight excluding hydrogens is 204 g/mol. The summed E-state index contributed by atoms with van der Waals surface area (Å²) < 4.78 is 0. The van der Waals surface area contributed by atoms with Crippen LogP contribution in [0.25, 0.3) is 6.08 Å². The second kappa shape index (κ2) is 3.98. The highest BCUT2D eigenvalue weighted by Gasteiger charge is 2.23. The Morgan fingerprint density at radius 1 is 1.50 bits per heavy atom. The number of hydrogen-bond donors (Lipinski definition) is 2. The molecule has 4 heteroatoms. The summed E-state index contributed by atoms with van der Waals surface area (Å²) in [5.41, 5.74) is 8.36. The van der Waals surface area contributed by atoms with Crippen LogP contribution in [0.4, 0.5) is 4.79 Å². The molecule has 16 heavy (non-hydrogen) atoms. The predicted molar refractivity (Wildman–Crippen MR) is 60.8 cm³/mol. The van der Waals surface area contributed by atoms with Crippen molar-refractivity contribution in [3.63, 3.8) is 0 Å². The van der Waals surface area contributed by atoms with Crippen LogP contribution in [0.15, 0.2) is 29.8 Å². The van der Waals surface area contributed by atoms with Gasteiger partial charge in [-0.3, -0.25) is 5.21 Å². The highest BCUT2D eigenvalue weighted by molar-refractivity contribution is 5.73. The first-order chi connectivity index (χ1) is 7.59. The zero-order valence-corrected chi connectivity index (χ0v) is 9.05. The number of amides is 2. The summed E-state index contributed by atoms with van der Waals surface area (Å²) in [5.74, 6) is 0. The van der Waals surface area contributed by atoms with Gasteiger partial charge in [-0.1, -0.05) is 30.3 Å². The first kappa shape index (κ1) is 10.7. The van der Waals surface area contributed by atoms with E-state index in [0.717, 1.165) is 17.6 Å². The number of benzene rings is 1. The fraction of sp³-hybridized carbons (Fsp3) is 0.250. The van der Waals surface area contributed by atoms with Gasteiger partial charge < -0.3 is 5.73 Å². The van der Waals surface area contributed by atoms with Crippen LogP contribution in [0.2, 0.25) is 0 Å². The van der Waals surface area contributed by atoms with Gasteiger partial charge in [-0.25, -0.2) is 4.79 Å². The summed E-state index contributed by atoms with van der Waals surface area (Å²) in [6.07, 6.45) is 2.74. The third-order valence-corrected chi connectivity index (χ3v) is 2.92. The molecule has 1 unspecified atom stereocenters. The van der Waals surface area contributed by atoms with Crippen LogP contribution in [0, 0.1) is 0 Å². The van der Waals surface area contributed by atoms with Crippen LogP contribution in [0.1, 0.15) is 18.1 Å². The molecule has 2 rings (SSSR count). The largest absolute Gasteiger partial charge is 0.350 e. The summed E-state index contributed by atoms with van der Waals surface area (Å²) in [6, 6.07) is 6.78. The number of hydroxylamine groups is 2. The minimum Gasteiger partial charge on any atom is -0.350 e. The molecule has 0 radical (unpaired) electrons. The summed E-state index contributed by atoms with van der Waals surface area (Å²) in [6.45, 7) is 1.75. The van der Waals surface area contributed by atoms with E-state index in [0.29, 0.717) is 5.06 Å². The molecule has 0 fully saturated rings. The van der Waals surface area contributed by atoms with E-state index in [4.69, 9.17) is 5.73 Å². The minimum atomic E-state index is -0.829. The number of nitrogens with zero attached hydrogens (tertiary/aromatic N) is 1. The van der Waals surface area contributed by atoms with Crippen molar-refractivity contribution < 1.29 is 10.0 Å². The van der Waals surface area contributed by atoms with Gasteiger partial charge in [-0.15, -0.1) is 0 Å². The first-order valence-corrected chi connectivity index (χ1v) is 5.15. The summed E-state index contributed by atoms with van der Waals surface area (Å²) in [7, 11) is 0. The lowest BCUT2D eigenvalue weighted by Gasteiger charge is -2.21. The Labute approximate surface area is 93.9 Å². The molecule has 2 amide bonds. The Balaban J connectivity index is 2.19. The van der Waals surface area contributed by atoms with E-state index in [1.807, 2.05) is 30.3 Å². The monoisotopic (exact) mass is 218 g/mol. The van der Waals surface area contributed by atoms with Gasteiger partial charge in [0.25, 0.3) is 0 Å². The molecule has 1 aromatic carbocycles. The van der Waals surface area contributed by atoms with E-state index < -0.39 is 6.03 Å². The normalized spacial score (nSPS) is 15.2. The zero-order valence-electron chi connectivity index (χ0n) is 9.05. The molecule has 0 aromatic heterocycles. The standard InChI is InChI=1S/C12H14N2O2/c1-8(14(16)12(13)15)11-6-9-4-2-3-5-10(9)7-11/h2-6,8,16H,7H2,1H3,(H2,13,15). The van der Waals surface area contributed by atoms with Gasteiger partial charge >= 0.3 is 6.03 Å². The van der Waals surface area contributed by atoms with Crippen molar-refractivity contribution in [2.75, 3.05) is 0 Å². The van der Waals surface area contributed by atoms with E-state index in [1.165, 1.54) is 5.56 Å². The van der Waals surface area contributed by atoms with E-state index in [9.17, 15) is 10.0 Å². The lowest BCUT2D eigenvalue weighted by atomic mass is 10.1. The maximum Gasteiger partial charge on any atom is 0.339 e. The number of carbonyl (C=O) groups excluding carboxylic acids is 1. The van der Waals surface area contributed by atoms with Gasteiger partial charge in [-0.05, 0) is 30.0 Å². The third-order valence-electron chi connectivity index (χ3n) is 2.92. The van der Waals surface area contributed by atoms with E-state index >= 15 is 0 Å².